The van der Waals surface area contributed by atoms with Gasteiger partial charge in [-0.05, 0) is 183 Å². The number of methoxy groups -OCH3 is 4. The second kappa shape index (κ2) is 64.1. The second-order valence-electron chi connectivity index (χ2n) is 39.7. The van der Waals surface area contributed by atoms with Crippen molar-refractivity contribution in [1.29, 1.82) is 0 Å². The number of carbonyl (C=O) groups excluding carboxylic acids is 16. The number of allylic oxidation sites excluding steroid dienone is 6. The van der Waals surface area contributed by atoms with Crippen molar-refractivity contribution in [2.75, 3.05) is 35.5 Å². The highest BCUT2D eigenvalue weighted by Gasteiger charge is 2.40. The number of nitrogens with one attached hydrogen (secondary N) is 3. The lowest BCUT2D eigenvalue weighted by molar-refractivity contribution is -0.152. The first kappa shape index (κ1) is 123. The van der Waals surface area contributed by atoms with E-state index in [9.17, 15) is 102 Å². The summed E-state index contributed by atoms with van der Waals surface area (Å²) in [6.07, 6.45) is 33.3. The summed E-state index contributed by atoms with van der Waals surface area (Å²) in [4.78, 5) is 197. The topological polar surface area (TPSA) is 487 Å². The van der Waals surface area contributed by atoms with Crippen LogP contribution in [-0.4, -0.2) is 240 Å². The molecule has 8 aliphatic rings. The summed E-state index contributed by atoms with van der Waals surface area (Å²) >= 11 is 0. The molecule has 33 heteroatoms. The first-order valence-electron chi connectivity index (χ1n) is 50.7. The number of hydrogen-bond donors (Lipinski definition) is 8. The maximum Gasteiger partial charge on any atom is 0.331 e. The van der Waals surface area contributed by atoms with Crippen LogP contribution in [0.2, 0.25) is 0 Å². The molecular formula is C109H162N4O29. The summed E-state index contributed by atoms with van der Waals surface area (Å²) in [5, 5.41) is 60.5. The van der Waals surface area contributed by atoms with Crippen LogP contribution in [0.5, 0.6) is 0 Å². The molecule has 8 heterocycles. The molecular weight excluding hydrogens is 1830 g/mol. The predicted octanol–water partition coefficient (Wildman–Crippen LogP) is 12.5. The monoisotopic (exact) mass is 1990 g/mol. The normalized spacial score (nSPS) is 31.2. The predicted molar refractivity (Wildman–Crippen MR) is 530 cm³/mol. The number of likely N-dealkylation sites (tertiary alicyclic amines) is 1. The zero-order valence-corrected chi connectivity index (χ0v) is 86.6. The standard InChI is InChI=1S/C28H41NO7.C27H41NO8.C27H41NO7.C27H39NO7/c1-18-15-19(2)28(36-26(33)14-9-7-6-8-13-23(35-5)27(18)34)20(3)22(30)12-10-11-21-16-24(31)29(4)25(32)17-21;1-16-11-17(2)27(36-25(33)10-8-6-5-7-9-22(35-4)26(16)34)18(3)21(30)15-20(29)12-19-13-23(31)28-24(32)14-19;2*1-17-14-18(2)27(35-25(32)13-8-6-5-7-12-22(34-4)26(17)33)19(3)21(29)11-9-10-20-15-23(30)28-24(31)16-20/h8-9,13-15,18,20-21,23,27-28,34H,6-7,10-12,16-17H2,1-5H3;7,9,11,16,18-20,22,26-27,29,34H,5-6,8,10,12-15H2,1-4H3,(H,28,31,32);7,12,14,17,19-20,22,26-27,33H,5-6,8-11,13,15-16H2,1-4H3,(H,28,30,31);7-8,12-14,17,19-20,22,26-27,33H,5-6,9-11,15-16H2,1-4H3,(H,28,30,31)/b13-8+,14-9+,19-15-;9-7+,17-11-;12-7+,18-14-;12-7+,13-8+,18-14-/t18-,20-,23+,27+,28+;16-,18-,20+,22+,26+,27+;2*17-,19-,22+,26+,27+/m1111/s1. The SMILES string of the molecule is CO[C@H]1/C=C/CC/C=C/C(=O)O[C@H]([C@H](C)C(=O)CCCC2CC(=O)N(C)C(=O)C2)/C(C)=C\[C@@H](C)[C@@H]1O.CO[C@H]1/C=C/CC/C=C/C(=O)O[C@H]([C@H](C)C(=O)CCCC2CC(=O)NC(=O)C2)/C(C)=C\[C@@H](C)[C@@H]1O.CO[C@H]1/C=C/CCCCC(=O)O[C@H]([C@H](C)C(=O)CCCC2CC(=O)NC(=O)C2)/C(C)=C\[C@@H](C)[C@@H]1O.CO[C@H]1/C=C/CCCCC(=O)O[C@H]([C@H](C)C(=O)C[C@@H](O)CC2CC(=O)NC(=O)C2)/C(C)=C\[C@@H](C)[C@@H]1O. The van der Waals surface area contributed by atoms with Gasteiger partial charge in [-0.1, -0.05) is 140 Å². The Morgan fingerprint density at radius 2 is 0.634 bits per heavy atom. The van der Waals surface area contributed by atoms with Gasteiger partial charge in [-0.25, -0.2) is 9.59 Å². The lowest BCUT2D eigenvalue weighted by Crippen LogP contribution is -2.40. The van der Waals surface area contributed by atoms with Crippen molar-refractivity contribution >= 4 is 94.3 Å². The highest BCUT2D eigenvalue weighted by Crippen LogP contribution is 2.34. The number of ketones is 4. The van der Waals surface area contributed by atoms with Crippen molar-refractivity contribution in [3.8, 4) is 0 Å². The molecule has 4 saturated heterocycles. The van der Waals surface area contributed by atoms with Gasteiger partial charge in [-0.15, -0.1) is 0 Å². The molecule has 0 unspecified atom stereocenters. The zero-order chi connectivity index (χ0) is 106. The summed E-state index contributed by atoms with van der Waals surface area (Å²) in [6, 6.07) is 0. The van der Waals surface area contributed by atoms with E-state index in [1.165, 1.54) is 26.3 Å². The number of imide groups is 4. The van der Waals surface area contributed by atoms with Gasteiger partial charge in [0.1, 0.15) is 72.0 Å². The molecule has 0 spiro atoms. The van der Waals surface area contributed by atoms with Gasteiger partial charge in [0.05, 0.1) is 54.2 Å². The Hall–Kier alpha value is -9.84. The quantitative estimate of drug-likeness (QED) is 0.0156. The van der Waals surface area contributed by atoms with Crippen molar-refractivity contribution in [3.63, 3.8) is 0 Å². The van der Waals surface area contributed by atoms with Gasteiger partial charge in [-0.3, -0.25) is 88.0 Å². The van der Waals surface area contributed by atoms with Gasteiger partial charge in [0, 0.05) is 161 Å². The summed E-state index contributed by atoms with van der Waals surface area (Å²) < 4.78 is 44.7. The first-order valence-corrected chi connectivity index (χ1v) is 50.7. The summed E-state index contributed by atoms with van der Waals surface area (Å²) in [6.45, 7) is 21.5. The Balaban J connectivity index is 0.000000334. The van der Waals surface area contributed by atoms with Crippen molar-refractivity contribution in [1.82, 2.24) is 20.9 Å². The zero-order valence-electron chi connectivity index (χ0n) is 86.6. The van der Waals surface area contributed by atoms with E-state index in [-0.39, 0.29) is 181 Å². The van der Waals surface area contributed by atoms with Crippen LogP contribution in [0.25, 0.3) is 0 Å². The van der Waals surface area contributed by atoms with E-state index in [2.05, 4.69) is 16.0 Å². The van der Waals surface area contributed by atoms with Crippen molar-refractivity contribution in [3.05, 3.63) is 120 Å². The van der Waals surface area contributed by atoms with Crippen LogP contribution < -0.4 is 16.0 Å². The van der Waals surface area contributed by atoms with E-state index in [1.807, 2.05) is 101 Å². The largest absolute Gasteiger partial charge is 0.457 e. The summed E-state index contributed by atoms with van der Waals surface area (Å²) in [5.41, 5.74) is 2.73. The minimum atomic E-state index is -1.02. The smallest absolute Gasteiger partial charge is 0.331 e. The molecule has 4 fully saturated rings. The molecule has 142 heavy (non-hydrogen) atoms. The third-order valence-electron chi connectivity index (χ3n) is 27.7. The van der Waals surface area contributed by atoms with Crippen LogP contribution in [0.3, 0.4) is 0 Å². The summed E-state index contributed by atoms with van der Waals surface area (Å²) in [5.74, 6) is -8.53. The van der Waals surface area contributed by atoms with Gasteiger partial charge in [0.15, 0.2) is 0 Å². The minimum Gasteiger partial charge on any atom is -0.457 e. The molecule has 0 aromatic heterocycles. The van der Waals surface area contributed by atoms with Crippen LogP contribution in [0, 0.1) is 71.0 Å². The van der Waals surface area contributed by atoms with Crippen LogP contribution in [0.1, 0.15) is 282 Å². The number of aliphatic hydroxyl groups is 5. The maximum absolute atomic E-state index is 13.1. The highest BCUT2D eigenvalue weighted by molar-refractivity contribution is 6.00. The van der Waals surface area contributed by atoms with Gasteiger partial charge >= 0.3 is 23.9 Å². The number of nitrogens with zero attached hydrogens (tertiary/aromatic N) is 1. The number of cyclic esters (lactones) is 4. The van der Waals surface area contributed by atoms with E-state index in [4.69, 9.17) is 37.9 Å². The molecule has 0 radical (unpaired) electrons. The average Bonchev–Trinajstić information content (AvgIpc) is 0.859. The van der Waals surface area contributed by atoms with Crippen molar-refractivity contribution in [2.24, 2.45) is 71.0 Å². The van der Waals surface area contributed by atoms with Gasteiger partial charge in [0.2, 0.25) is 47.3 Å². The number of amides is 8. The van der Waals surface area contributed by atoms with E-state index in [0.717, 1.165) is 36.2 Å². The molecule has 0 bridgehead atoms. The fourth-order valence-corrected chi connectivity index (χ4v) is 19.0. The van der Waals surface area contributed by atoms with Gasteiger partial charge in [0.25, 0.3) is 0 Å². The molecule has 792 valence electrons. The maximum atomic E-state index is 13.1. The Bertz CT molecular complexity index is 4460. The Labute approximate surface area is 838 Å². The Kier molecular flexibility index (Phi) is 55.4. The molecule has 33 nitrogen and oxygen atoms in total. The lowest BCUT2D eigenvalue weighted by Gasteiger charge is -2.28. The number of aliphatic hydroxyl groups excluding tert-OH is 5. The number of Topliss-reactive ketones (excluding diaryl/α,β-unsaturated/α-hetero) is 4. The average molecular weight is 1990 g/mol. The molecule has 8 N–H and O–H groups in total. The van der Waals surface area contributed by atoms with E-state index < -0.39 is 121 Å². The molecule has 0 aliphatic carbocycles. The highest BCUT2D eigenvalue weighted by atomic mass is 16.6. The molecule has 8 aliphatic heterocycles. The fourth-order valence-electron chi connectivity index (χ4n) is 19.0. The van der Waals surface area contributed by atoms with Gasteiger partial charge in [-0.2, -0.15) is 0 Å². The summed E-state index contributed by atoms with van der Waals surface area (Å²) in [7, 11) is 7.69. The number of rotatable bonds is 28. The number of hydrogen-bond acceptors (Lipinski definition) is 29. The second-order valence-corrected chi connectivity index (χ2v) is 39.7. The molecule has 0 saturated carbocycles. The molecule has 0 aromatic carbocycles. The lowest BCUT2D eigenvalue weighted by atomic mass is 9.85. The third kappa shape index (κ3) is 43.2. The van der Waals surface area contributed by atoms with Crippen LogP contribution in [-0.2, 0) is 115 Å². The van der Waals surface area contributed by atoms with E-state index >= 15 is 0 Å². The van der Waals surface area contributed by atoms with Crippen LogP contribution in [0.15, 0.2) is 120 Å². The van der Waals surface area contributed by atoms with E-state index in [1.54, 1.807) is 88.0 Å². The fraction of sp³-hybridized carbons (Fsp3) is 0.670. The third-order valence-corrected chi connectivity index (χ3v) is 27.7. The van der Waals surface area contributed by atoms with Gasteiger partial charge < -0.3 is 63.4 Å². The molecule has 8 rings (SSSR count). The number of carbonyl (C=O) groups is 16. The van der Waals surface area contributed by atoms with Crippen molar-refractivity contribution in [2.45, 2.75) is 361 Å². The number of piperidine rings is 4. The number of ether oxygens (including phenoxy) is 8. The van der Waals surface area contributed by atoms with Crippen LogP contribution in [0.4, 0.5) is 0 Å². The number of esters is 4. The minimum absolute atomic E-state index is 0.0332. The Morgan fingerprint density at radius 3 is 0.930 bits per heavy atom. The Morgan fingerprint density at radius 1 is 0.373 bits per heavy atom. The first-order chi connectivity index (χ1) is 67.3. The molecule has 0 aromatic rings. The molecule has 21 atom stereocenters. The van der Waals surface area contributed by atoms with Crippen LogP contribution >= 0.6 is 0 Å². The molecule has 8 amide bonds. The van der Waals surface area contributed by atoms with E-state index in [0.29, 0.717) is 132 Å². The van der Waals surface area contributed by atoms with Crippen molar-refractivity contribution < 1.29 is 140 Å².